The number of nitrogens with two attached hydrogens (primary N) is 1. The molecule has 0 saturated heterocycles. The fraction of sp³-hybridized carbons (Fsp3) is 0.446. The smallest absolute Gasteiger partial charge is 0.267 e. The molecule has 7 rings (SSSR count). The monoisotopic (exact) mass is 1440 g/mol. The topological polar surface area (TPSA) is 261 Å². The van der Waals surface area contributed by atoms with Crippen molar-refractivity contribution >= 4 is 69.6 Å². The van der Waals surface area contributed by atoms with Crippen molar-refractivity contribution in [3.8, 4) is 11.5 Å². The molecule has 512 valence electrons. The Balaban J connectivity index is 0.000000309. The van der Waals surface area contributed by atoms with Crippen molar-refractivity contribution in [1.82, 2.24) is 38.7 Å². The average molecular weight is 1440 g/mol. The molecule has 1 aliphatic rings. The number of methoxy groups -OCH3 is 2. The van der Waals surface area contributed by atoms with Gasteiger partial charge in [0.05, 0.1) is 80.7 Å². The van der Waals surface area contributed by atoms with E-state index in [0.29, 0.717) is 39.2 Å². The number of aromatic nitrogens is 2. The van der Waals surface area contributed by atoms with Crippen LogP contribution in [-0.2, 0) is 72.6 Å². The Kier molecular flexibility index (Phi) is 30.1. The fourth-order valence-corrected chi connectivity index (χ4v) is 14.7. The van der Waals surface area contributed by atoms with Gasteiger partial charge in [-0.25, -0.2) is 65.9 Å². The van der Waals surface area contributed by atoms with Gasteiger partial charge in [0.25, 0.3) is 5.91 Å². The lowest BCUT2D eigenvalue weighted by Gasteiger charge is -2.35. The molecule has 93 heavy (non-hydrogen) atoms. The highest BCUT2D eigenvalue weighted by atomic mass is 79.9. The minimum absolute atomic E-state index is 0.0368. The van der Waals surface area contributed by atoms with E-state index in [9.17, 15) is 48.0 Å². The first-order chi connectivity index (χ1) is 43.3. The number of Topliss-reactive ketones (excluding diaryl/α,β-unsaturated/α-hetero) is 1. The Morgan fingerprint density at radius 1 is 0.591 bits per heavy atom. The summed E-state index contributed by atoms with van der Waals surface area (Å²) >= 11 is 3.32. The molecule has 0 radical (unpaired) electrons. The second-order valence-electron chi connectivity index (χ2n) is 24.6. The molecule has 28 heteroatoms. The summed E-state index contributed by atoms with van der Waals surface area (Å²) in [6, 6.07) is 28.4. The number of rotatable bonds is 24. The Morgan fingerprint density at radius 3 is 1.32 bits per heavy atom. The number of carbonyl (C=O) groups excluding carboxylic acids is 2. The summed E-state index contributed by atoms with van der Waals surface area (Å²) < 4.78 is 153. The first-order valence-corrected chi connectivity index (χ1v) is 35.8. The summed E-state index contributed by atoms with van der Waals surface area (Å²) in [5.74, 6) is -3.26. The largest absolute Gasteiger partial charge is 0.497 e. The van der Waals surface area contributed by atoms with Crippen LogP contribution in [0.2, 0.25) is 0 Å². The van der Waals surface area contributed by atoms with Gasteiger partial charge in [0.15, 0.2) is 5.78 Å². The number of ketones is 1. The summed E-state index contributed by atoms with van der Waals surface area (Å²) in [5.41, 5.74) is 3.78. The van der Waals surface area contributed by atoms with Gasteiger partial charge in [-0.2, -0.15) is 0 Å². The van der Waals surface area contributed by atoms with Gasteiger partial charge in [0.1, 0.15) is 46.2 Å². The second-order valence-corrected chi connectivity index (χ2v) is 33.6. The van der Waals surface area contributed by atoms with Gasteiger partial charge in [-0.05, 0) is 172 Å². The molecule has 4 aromatic carbocycles. The zero-order valence-corrected chi connectivity index (χ0v) is 59.9. The Labute approximate surface area is 559 Å². The Hall–Kier alpha value is -5.92. The highest BCUT2D eigenvalue weighted by Gasteiger charge is 2.42. The van der Waals surface area contributed by atoms with Crippen LogP contribution >= 0.6 is 15.9 Å². The summed E-state index contributed by atoms with van der Waals surface area (Å²) in [5, 5.41) is 6.68. The standard InChI is InChI=1S/C29H35F2N3O5S2.C22H30BrFN2O4S2.C8H18N2.C6H5FN2O/c1-28(2,3)40(36)33-29(4,19-41(37,38)34(5)18-20-7-11-23(39-6)12-8-20)24-15-21(9-13-25(24)31)16-27(35)26-14-10-22(30)17-32-26;1-21(2,3)31(27)25-22(4,19-13-17(23)9-12-20(19)24)15-32(28,29)26(5)14-16-7-10-18(30-6)11-8-16;1-9-7-5-3-4-6-8(7)10-2;7-4-1-2-5(6(8)10)9-3-4/h7-15,17,33H,16,18-19H2,1-6H3;7-13,25H,14-15H2,1-6H3;7-10H,3-6H2,1-2H3;1-3H,(H2,8,10)/t29-,40+;22-,31+;7-,8-;/m001./s1. The van der Waals surface area contributed by atoms with Crippen LogP contribution in [0.15, 0.2) is 126 Å². The van der Waals surface area contributed by atoms with E-state index in [-0.39, 0.29) is 42.0 Å². The van der Waals surface area contributed by atoms with Gasteiger partial charge in [-0.1, -0.05) is 65.2 Å². The van der Waals surface area contributed by atoms with Crippen LogP contribution in [0.1, 0.15) is 130 Å². The van der Waals surface area contributed by atoms with Crippen LogP contribution in [0.4, 0.5) is 17.6 Å². The SMILES string of the molecule is CN[C@@H]1CCCC[C@H]1NC.COc1ccc(CN(C)S(=O)(=O)C[C@](C)(N[S@](=O)C(C)(C)C)c2cc(Br)ccc2F)cc1.COc1ccc(CN(C)S(=O)(=O)C[C@](C)(N[S@](=O)C(C)(C)C)c2cc(CC(=O)c3ccc(F)cn3)ccc2F)cc1.NC(=O)c1ccc(F)cn1. The lowest BCUT2D eigenvalue weighted by atomic mass is 9.91. The number of pyridine rings is 2. The molecule has 2 heterocycles. The first kappa shape index (κ1) is 79.5. The molecule has 0 spiro atoms. The molecule has 0 unspecified atom stereocenters. The molecule has 1 amide bonds. The summed E-state index contributed by atoms with van der Waals surface area (Å²) in [7, 11) is -1.25. The quantitative estimate of drug-likeness (QED) is 0.0279. The van der Waals surface area contributed by atoms with Crippen molar-refractivity contribution in [1.29, 1.82) is 0 Å². The number of hydrogen-bond donors (Lipinski definition) is 5. The maximum absolute atomic E-state index is 15.4. The van der Waals surface area contributed by atoms with Crippen LogP contribution in [0.5, 0.6) is 11.5 Å². The minimum Gasteiger partial charge on any atom is -0.497 e. The average Bonchev–Trinajstić information content (AvgIpc) is 0.785. The van der Waals surface area contributed by atoms with E-state index in [1.165, 1.54) is 101 Å². The molecule has 0 aliphatic heterocycles. The first-order valence-electron chi connectivity index (χ1n) is 29.5. The van der Waals surface area contributed by atoms with Crippen LogP contribution in [0.3, 0.4) is 0 Å². The highest BCUT2D eigenvalue weighted by molar-refractivity contribution is 9.10. The number of benzene rings is 4. The van der Waals surface area contributed by atoms with E-state index < -0.39 is 109 Å². The van der Waals surface area contributed by atoms with E-state index >= 15 is 4.39 Å². The lowest BCUT2D eigenvalue weighted by Crippen LogP contribution is -2.52. The molecule has 6 N–H and O–H groups in total. The van der Waals surface area contributed by atoms with Crippen molar-refractivity contribution < 1.29 is 61.9 Å². The number of sulfonamides is 2. The van der Waals surface area contributed by atoms with Crippen LogP contribution in [-0.4, -0.2) is 131 Å². The van der Waals surface area contributed by atoms with E-state index in [1.807, 2.05) is 0 Å². The molecule has 1 aliphatic carbocycles. The van der Waals surface area contributed by atoms with Gasteiger partial charge in [0, 0.05) is 61.3 Å². The van der Waals surface area contributed by atoms with Crippen molar-refractivity contribution in [2.24, 2.45) is 5.73 Å². The number of hydrogen-bond acceptors (Lipinski definition) is 14. The lowest BCUT2D eigenvalue weighted by molar-refractivity contribution is 0.0982. The van der Waals surface area contributed by atoms with Gasteiger partial charge in [-0.15, -0.1) is 0 Å². The molecule has 2 aromatic heterocycles. The number of amides is 1. The van der Waals surface area contributed by atoms with Crippen LogP contribution in [0.25, 0.3) is 0 Å². The number of primary amides is 1. The van der Waals surface area contributed by atoms with E-state index in [0.717, 1.165) is 40.5 Å². The predicted molar refractivity (Wildman–Crippen MR) is 363 cm³/mol. The van der Waals surface area contributed by atoms with Gasteiger partial charge >= 0.3 is 0 Å². The van der Waals surface area contributed by atoms with Crippen LogP contribution in [0, 0.1) is 23.3 Å². The zero-order valence-electron chi connectivity index (χ0n) is 55.0. The van der Waals surface area contributed by atoms with Crippen molar-refractivity contribution in [3.05, 3.63) is 189 Å². The van der Waals surface area contributed by atoms with Crippen molar-refractivity contribution in [2.45, 2.75) is 133 Å². The number of carbonyl (C=O) groups is 2. The fourth-order valence-electron chi connectivity index (χ4n) is 9.35. The molecule has 19 nitrogen and oxygen atoms in total. The summed E-state index contributed by atoms with van der Waals surface area (Å²) in [4.78, 5) is 30.3. The molecule has 6 aromatic rings. The zero-order chi connectivity index (χ0) is 69.9. The maximum atomic E-state index is 15.4. The van der Waals surface area contributed by atoms with E-state index in [2.05, 4.69) is 60.1 Å². The number of nitrogens with one attached hydrogen (secondary N) is 4. The van der Waals surface area contributed by atoms with Crippen molar-refractivity contribution in [3.63, 3.8) is 0 Å². The second kappa shape index (κ2) is 35.2. The van der Waals surface area contributed by atoms with Gasteiger partial charge in [-0.3, -0.25) is 14.6 Å². The third-order valence-corrected chi connectivity index (χ3v) is 22.8. The molecule has 1 fully saturated rings. The molecule has 1 saturated carbocycles. The predicted octanol–water partition coefficient (Wildman–Crippen LogP) is 9.90. The molecule has 0 bridgehead atoms. The molecular formula is C65H88BrF4N9O10S4. The third kappa shape index (κ3) is 24.7. The van der Waals surface area contributed by atoms with Crippen LogP contribution < -0.4 is 35.3 Å². The Bertz CT molecular complexity index is 3690. The van der Waals surface area contributed by atoms with Gasteiger partial charge in [0.2, 0.25) is 20.0 Å². The maximum Gasteiger partial charge on any atom is 0.267 e. The Morgan fingerprint density at radius 2 is 0.968 bits per heavy atom. The highest BCUT2D eigenvalue weighted by Crippen LogP contribution is 2.33. The number of ether oxygens (including phenoxy) is 2. The summed E-state index contributed by atoms with van der Waals surface area (Å²) in [6.07, 6.45) is 7.14. The molecular weight excluding hydrogens is 1350 g/mol. The third-order valence-electron chi connectivity index (χ3n) is 14.8. The minimum atomic E-state index is -4.04. The molecule has 6 atom stereocenters. The number of nitrogens with zero attached hydrogens (tertiary/aromatic N) is 4. The van der Waals surface area contributed by atoms with Crippen molar-refractivity contribution in [2.75, 3.05) is 53.9 Å². The van der Waals surface area contributed by atoms with Gasteiger partial charge < -0.3 is 25.8 Å². The number of likely N-dealkylation sites (N-methyl/N-ethyl adjacent to an activating group) is 2. The van der Waals surface area contributed by atoms with E-state index in [4.69, 9.17) is 15.2 Å². The normalized spacial score (nSPS) is 16.4. The summed E-state index contributed by atoms with van der Waals surface area (Å²) in [6.45, 7) is 13.6. The van der Waals surface area contributed by atoms with E-state index in [1.54, 1.807) is 104 Å². The number of halogens is 5.